The number of likely N-dealkylation sites (tertiary alicyclic amines) is 1. The molecule has 128 valence electrons. The summed E-state index contributed by atoms with van der Waals surface area (Å²) in [5.74, 6) is 0.709. The Balaban J connectivity index is 1.91. The van der Waals surface area contributed by atoms with Crippen molar-refractivity contribution in [3.8, 4) is 0 Å². The van der Waals surface area contributed by atoms with Crippen LogP contribution in [0.25, 0.3) is 10.9 Å². The van der Waals surface area contributed by atoms with Crippen LogP contribution in [0.5, 0.6) is 0 Å². The predicted molar refractivity (Wildman–Crippen MR) is 95.4 cm³/mol. The van der Waals surface area contributed by atoms with E-state index in [0.29, 0.717) is 12.0 Å². The Morgan fingerprint density at radius 3 is 2.71 bits per heavy atom. The highest BCUT2D eigenvalue weighted by molar-refractivity contribution is 5.94. The number of aromatic nitrogens is 1. The van der Waals surface area contributed by atoms with Crippen LogP contribution >= 0.6 is 0 Å². The van der Waals surface area contributed by atoms with Gasteiger partial charge in [0, 0.05) is 17.1 Å². The van der Waals surface area contributed by atoms with Gasteiger partial charge in [-0.05, 0) is 71.2 Å². The van der Waals surface area contributed by atoms with E-state index < -0.39 is 5.60 Å². The van der Waals surface area contributed by atoms with Gasteiger partial charge in [0.1, 0.15) is 5.60 Å². The van der Waals surface area contributed by atoms with Crippen molar-refractivity contribution in [2.24, 2.45) is 5.92 Å². The standard InChI is InChI=1S/C20H26N2O2/c1-20(2,3)24-19(23)22-15-8-6-5-7-14(15)17-16(22)10-9-13-11-12-21(4)18(13)17/h5-8,13,18H,9-12H2,1-4H3/t13-,18+/m0/s1. The number of benzene rings is 1. The molecule has 1 aliphatic carbocycles. The SMILES string of the molecule is CN1CC[C@@H]2CCc3c(c4ccccc4n3C(=O)OC(C)(C)C)[C@@H]21. The molecule has 0 saturated carbocycles. The minimum atomic E-state index is -0.489. The number of hydrogen-bond donors (Lipinski definition) is 0. The summed E-state index contributed by atoms with van der Waals surface area (Å²) < 4.78 is 7.54. The zero-order valence-electron chi connectivity index (χ0n) is 15.0. The predicted octanol–water partition coefficient (Wildman–Crippen LogP) is 4.36. The lowest BCUT2D eigenvalue weighted by Crippen LogP contribution is -2.30. The molecule has 2 aliphatic rings. The molecule has 4 rings (SSSR count). The Hall–Kier alpha value is -1.81. The minimum Gasteiger partial charge on any atom is -0.443 e. The lowest BCUT2D eigenvalue weighted by Gasteiger charge is -2.31. The van der Waals surface area contributed by atoms with Crippen LogP contribution in [-0.2, 0) is 11.2 Å². The summed E-state index contributed by atoms with van der Waals surface area (Å²) in [6.07, 6.45) is 3.12. The molecule has 0 spiro atoms. The summed E-state index contributed by atoms with van der Waals surface area (Å²) in [4.78, 5) is 15.4. The Bertz CT molecular complexity index is 800. The van der Waals surface area contributed by atoms with E-state index in [2.05, 4.69) is 24.1 Å². The van der Waals surface area contributed by atoms with E-state index in [9.17, 15) is 4.79 Å². The smallest absolute Gasteiger partial charge is 0.419 e. The summed E-state index contributed by atoms with van der Waals surface area (Å²) in [5.41, 5.74) is 3.00. The summed E-state index contributed by atoms with van der Waals surface area (Å²) in [6.45, 7) is 6.90. The highest BCUT2D eigenvalue weighted by atomic mass is 16.6. The second-order valence-corrected chi connectivity index (χ2v) is 8.21. The maximum Gasteiger partial charge on any atom is 0.419 e. The van der Waals surface area contributed by atoms with E-state index in [1.54, 1.807) is 0 Å². The summed E-state index contributed by atoms with van der Waals surface area (Å²) in [5, 5.41) is 1.21. The quantitative estimate of drug-likeness (QED) is 0.721. The van der Waals surface area contributed by atoms with Crippen LogP contribution in [0.2, 0.25) is 0 Å². The van der Waals surface area contributed by atoms with Crippen molar-refractivity contribution in [2.75, 3.05) is 13.6 Å². The Morgan fingerprint density at radius 1 is 1.21 bits per heavy atom. The Kier molecular flexibility index (Phi) is 3.50. The first-order valence-corrected chi connectivity index (χ1v) is 8.92. The fraction of sp³-hybridized carbons (Fsp3) is 0.550. The summed E-state index contributed by atoms with van der Waals surface area (Å²) in [7, 11) is 2.21. The second-order valence-electron chi connectivity index (χ2n) is 8.21. The van der Waals surface area contributed by atoms with Gasteiger partial charge in [0.05, 0.1) is 5.52 Å². The third-order valence-corrected chi connectivity index (χ3v) is 5.41. The van der Waals surface area contributed by atoms with Crippen molar-refractivity contribution < 1.29 is 9.53 Å². The maximum absolute atomic E-state index is 12.9. The monoisotopic (exact) mass is 326 g/mol. The van der Waals surface area contributed by atoms with Gasteiger partial charge in [0.25, 0.3) is 0 Å². The fourth-order valence-electron chi connectivity index (χ4n) is 4.52. The van der Waals surface area contributed by atoms with Gasteiger partial charge in [-0.1, -0.05) is 18.2 Å². The third kappa shape index (κ3) is 2.35. The molecule has 1 fully saturated rings. The summed E-state index contributed by atoms with van der Waals surface area (Å²) in [6, 6.07) is 8.71. The molecule has 2 atom stereocenters. The molecule has 2 aromatic rings. The number of fused-ring (bicyclic) bond motifs is 5. The minimum absolute atomic E-state index is 0.251. The molecule has 0 radical (unpaired) electrons. The van der Waals surface area contributed by atoms with Crippen molar-refractivity contribution in [2.45, 2.75) is 51.7 Å². The molecule has 0 unspecified atom stereocenters. The number of para-hydroxylation sites is 1. The molecule has 0 bridgehead atoms. The number of rotatable bonds is 0. The Labute approximate surface area is 143 Å². The van der Waals surface area contributed by atoms with Crippen LogP contribution in [0.4, 0.5) is 4.79 Å². The largest absolute Gasteiger partial charge is 0.443 e. The molecule has 4 heteroatoms. The van der Waals surface area contributed by atoms with Crippen molar-refractivity contribution in [3.63, 3.8) is 0 Å². The van der Waals surface area contributed by atoms with Gasteiger partial charge in [-0.3, -0.25) is 4.90 Å². The lowest BCUT2D eigenvalue weighted by atomic mass is 9.82. The van der Waals surface area contributed by atoms with Crippen LogP contribution in [0, 0.1) is 5.92 Å². The maximum atomic E-state index is 12.9. The highest BCUT2D eigenvalue weighted by Gasteiger charge is 2.41. The Morgan fingerprint density at radius 2 is 1.96 bits per heavy atom. The average molecular weight is 326 g/mol. The normalized spacial score (nSPS) is 24.0. The molecular weight excluding hydrogens is 300 g/mol. The second kappa shape index (κ2) is 5.35. The van der Waals surface area contributed by atoms with Gasteiger partial charge in [0.2, 0.25) is 0 Å². The molecule has 0 N–H and O–H groups in total. The van der Waals surface area contributed by atoms with E-state index in [4.69, 9.17) is 4.74 Å². The van der Waals surface area contributed by atoms with E-state index in [1.807, 2.05) is 37.5 Å². The first-order chi connectivity index (χ1) is 11.4. The van der Waals surface area contributed by atoms with Gasteiger partial charge < -0.3 is 4.74 Å². The van der Waals surface area contributed by atoms with E-state index in [1.165, 1.54) is 17.4 Å². The number of carbonyl (C=O) groups is 1. The van der Waals surface area contributed by atoms with Gasteiger partial charge in [-0.15, -0.1) is 0 Å². The van der Waals surface area contributed by atoms with E-state index in [-0.39, 0.29) is 6.09 Å². The van der Waals surface area contributed by atoms with Crippen molar-refractivity contribution >= 4 is 17.0 Å². The zero-order valence-corrected chi connectivity index (χ0v) is 15.0. The van der Waals surface area contributed by atoms with Crippen LogP contribution in [-0.4, -0.2) is 34.8 Å². The van der Waals surface area contributed by atoms with Gasteiger partial charge >= 0.3 is 6.09 Å². The van der Waals surface area contributed by atoms with Crippen LogP contribution in [0.3, 0.4) is 0 Å². The van der Waals surface area contributed by atoms with Gasteiger partial charge in [0.15, 0.2) is 0 Å². The zero-order chi connectivity index (χ0) is 17.1. The molecular formula is C20H26N2O2. The molecule has 1 aliphatic heterocycles. The molecule has 1 aromatic heterocycles. The van der Waals surface area contributed by atoms with E-state index >= 15 is 0 Å². The topological polar surface area (TPSA) is 34.5 Å². The molecule has 0 amide bonds. The molecule has 24 heavy (non-hydrogen) atoms. The van der Waals surface area contributed by atoms with Crippen LogP contribution in [0.1, 0.15) is 50.9 Å². The molecule has 1 saturated heterocycles. The van der Waals surface area contributed by atoms with Gasteiger partial charge in [-0.25, -0.2) is 9.36 Å². The molecule has 1 aromatic carbocycles. The fourth-order valence-corrected chi connectivity index (χ4v) is 4.52. The molecule has 4 nitrogen and oxygen atoms in total. The number of hydrogen-bond acceptors (Lipinski definition) is 3. The lowest BCUT2D eigenvalue weighted by molar-refractivity contribution is 0.0538. The first kappa shape index (κ1) is 15.7. The van der Waals surface area contributed by atoms with Crippen molar-refractivity contribution in [1.82, 2.24) is 9.47 Å². The van der Waals surface area contributed by atoms with Crippen molar-refractivity contribution in [3.05, 3.63) is 35.5 Å². The van der Waals surface area contributed by atoms with Gasteiger partial charge in [-0.2, -0.15) is 0 Å². The number of nitrogens with zero attached hydrogens (tertiary/aromatic N) is 2. The molecule has 2 heterocycles. The average Bonchev–Trinajstić information content (AvgIpc) is 3.03. The first-order valence-electron chi connectivity index (χ1n) is 8.92. The number of carbonyl (C=O) groups excluding carboxylic acids is 1. The van der Waals surface area contributed by atoms with Crippen LogP contribution in [0.15, 0.2) is 24.3 Å². The number of ether oxygens (including phenoxy) is 1. The summed E-state index contributed by atoms with van der Waals surface area (Å²) >= 11 is 0. The third-order valence-electron chi connectivity index (χ3n) is 5.41. The highest BCUT2D eigenvalue weighted by Crippen LogP contribution is 2.47. The van der Waals surface area contributed by atoms with Crippen molar-refractivity contribution in [1.29, 1.82) is 0 Å². The van der Waals surface area contributed by atoms with Crippen LogP contribution < -0.4 is 0 Å². The van der Waals surface area contributed by atoms with E-state index in [0.717, 1.165) is 30.6 Å².